The van der Waals surface area contributed by atoms with Crippen molar-refractivity contribution in [2.45, 2.75) is 45.1 Å². The van der Waals surface area contributed by atoms with Crippen LogP contribution in [0.4, 0.5) is 0 Å². The molecule has 0 aliphatic heterocycles. The number of fused-ring (bicyclic) bond motifs is 1. The van der Waals surface area contributed by atoms with Crippen molar-refractivity contribution in [1.29, 1.82) is 5.26 Å². The molecule has 0 fully saturated rings. The van der Waals surface area contributed by atoms with E-state index < -0.39 is 0 Å². The van der Waals surface area contributed by atoms with E-state index in [1.807, 2.05) is 19.9 Å². The molecule has 1 aliphatic carbocycles. The Bertz CT molecular complexity index is 489. The fourth-order valence-corrected chi connectivity index (χ4v) is 1.98. The number of nitrogens with two attached hydrogens (primary N) is 1. The molecule has 1 aliphatic rings. The van der Waals surface area contributed by atoms with Crippen LogP contribution in [-0.4, -0.2) is 17.1 Å². The van der Waals surface area contributed by atoms with E-state index in [1.165, 1.54) is 5.56 Å². The fraction of sp³-hybridized carbons (Fsp3) is 0.571. The highest BCUT2D eigenvalue weighted by atomic mass is 16.5. The molecule has 0 radical (unpaired) electrons. The summed E-state index contributed by atoms with van der Waals surface area (Å²) in [6, 6.07) is 4.06. The molecular weight excluding hydrogens is 226 g/mol. The predicted molar refractivity (Wildman–Crippen MR) is 69.4 cm³/mol. The van der Waals surface area contributed by atoms with Gasteiger partial charge < -0.3 is 10.5 Å². The van der Waals surface area contributed by atoms with E-state index in [9.17, 15) is 0 Å². The molecule has 1 aromatic heterocycles. The summed E-state index contributed by atoms with van der Waals surface area (Å²) < 4.78 is 5.65. The van der Waals surface area contributed by atoms with Crippen LogP contribution in [0.3, 0.4) is 0 Å². The maximum atomic E-state index is 9.14. The van der Waals surface area contributed by atoms with Crippen LogP contribution in [0.5, 0.6) is 5.88 Å². The van der Waals surface area contributed by atoms with Gasteiger partial charge in [-0.1, -0.05) is 6.92 Å². The van der Waals surface area contributed by atoms with Crippen LogP contribution < -0.4 is 10.5 Å². The molecule has 1 unspecified atom stereocenters. The highest BCUT2D eigenvalue weighted by molar-refractivity contribution is 5.44. The van der Waals surface area contributed by atoms with Crippen molar-refractivity contribution in [3.05, 3.63) is 22.9 Å². The highest BCUT2D eigenvalue weighted by Gasteiger charge is 2.21. The second-order valence-corrected chi connectivity index (χ2v) is 5.21. The van der Waals surface area contributed by atoms with Crippen LogP contribution in [0.2, 0.25) is 0 Å². The summed E-state index contributed by atoms with van der Waals surface area (Å²) >= 11 is 0. The number of pyridine rings is 1. The summed E-state index contributed by atoms with van der Waals surface area (Å²) in [5, 5.41) is 9.14. The Balaban J connectivity index is 2.20. The molecular formula is C14H19N3O. The summed E-state index contributed by atoms with van der Waals surface area (Å²) in [6.45, 7) is 4.33. The average molecular weight is 245 g/mol. The minimum absolute atomic E-state index is 0.379. The number of nitrogens with zero attached hydrogens (tertiary/aromatic N) is 2. The molecule has 2 rings (SSSR count). The van der Waals surface area contributed by atoms with Gasteiger partial charge in [0.2, 0.25) is 5.88 Å². The van der Waals surface area contributed by atoms with Gasteiger partial charge in [0.05, 0.1) is 0 Å². The van der Waals surface area contributed by atoms with Crippen molar-refractivity contribution in [1.82, 2.24) is 4.98 Å². The molecule has 0 aromatic carbocycles. The fourth-order valence-electron chi connectivity index (χ4n) is 1.98. The summed E-state index contributed by atoms with van der Waals surface area (Å²) in [5.41, 5.74) is 8.42. The van der Waals surface area contributed by atoms with E-state index in [0.717, 1.165) is 31.4 Å². The first-order valence-corrected chi connectivity index (χ1v) is 6.40. The summed E-state index contributed by atoms with van der Waals surface area (Å²) in [7, 11) is 0. The smallest absolute Gasteiger partial charge is 0.231 e. The standard InChI is InChI=1S/C14H19N3O/c1-3-14(2,16)9-18-13-11(8-15)7-10-5-4-6-12(10)17-13/h7H,3-6,9,16H2,1-2H3. The van der Waals surface area contributed by atoms with Gasteiger partial charge in [0.1, 0.15) is 18.2 Å². The van der Waals surface area contributed by atoms with E-state index in [-0.39, 0.29) is 5.54 Å². The third kappa shape index (κ3) is 2.62. The van der Waals surface area contributed by atoms with Crippen molar-refractivity contribution >= 4 is 0 Å². The van der Waals surface area contributed by atoms with Crippen LogP contribution in [-0.2, 0) is 12.8 Å². The Morgan fingerprint density at radius 1 is 1.56 bits per heavy atom. The monoisotopic (exact) mass is 245 g/mol. The van der Waals surface area contributed by atoms with E-state index in [1.54, 1.807) is 0 Å². The minimum Gasteiger partial charge on any atom is -0.475 e. The van der Waals surface area contributed by atoms with Gasteiger partial charge in [-0.05, 0) is 44.2 Å². The lowest BCUT2D eigenvalue weighted by atomic mass is 10.0. The summed E-state index contributed by atoms with van der Waals surface area (Å²) in [5.74, 6) is 0.434. The van der Waals surface area contributed by atoms with Crippen molar-refractivity contribution in [2.24, 2.45) is 5.73 Å². The Kier molecular flexibility index (Phi) is 3.53. The topological polar surface area (TPSA) is 71.9 Å². The lowest BCUT2D eigenvalue weighted by Gasteiger charge is -2.22. The third-order valence-electron chi connectivity index (χ3n) is 3.48. The molecule has 4 heteroatoms. The van der Waals surface area contributed by atoms with Crippen LogP contribution in [0.1, 0.15) is 43.5 Å². The molecule has 0 amide bonds. The van der Waals surface area contributed by atoms with E-state index in [0.29, 0.717) is 18.1 Å². The van der Waals surface area contributed by atoms with Gasteiger partial charge >= 0.3 is 0 Å². The van der Waals surface area contributed by atoms with Gasteiger partial charge in [-0.25, -0.2) is 4.98 Å². The molecule has 1 aromatic rings. The number of ether oxygens (including phenoxy) is 1. The van der Waals surface area contributed by atoms with Crippen molar-refractivity contribution in [2.75, 3.05) is 6.61 Å². The molecule has 0 saturated carbocycles. The zero-order chi connectivity index (χ0) is 13.2. The Labute approximate surface area is 108 Å². The maximum Gasteiger partial charge on any atom is 0.231 e. The maximum absolute atomic E-state index is 9.14. The SMILES string of the molecule is CCC(C)(N)COc1nc2c(cc1C#N)CCC2. The van der Waals surface area contributed by atoms with Gasteiger partial charge in [-0.15, -0.1) is 0 Å². The number of nitriles is 1. The molecule has 0 spiro atoms. The second kappa shape index (κ2) is 4.95. The minimum atomic E-state index is -0.382. The molecule has 4 nitrogen and oxygen atoms in total. The van der Waals surface area contributed by atoms with Crippen LogP contribution in [0, 0.1) is 11.3 Å². The second-order valence-electron chi connectivity index (χ2n) is 5.21. The average Bonchev–Trinajstić information content (AvgIpc) is 2.82. The number of rotatable bonds is 4. The Hall–Kier alpha value is -1.60. The molecule has 0 bridgehead atoms. The van der Waals surface area contributed by atoms with E-state index >= 15 is 0 Å². The van der Waals surface area contributed by atoms with Crippen LogP contribution in [0.25, 0.3) is 0 Å². The van der Waals surface area contributed by atoms with E-state index in [2.05, 4.69) is 11.1 Å². The van der Waals surface area contributed by atoms with E-state index in [4.69, 9.17) is 15.7 Å². The van der Waals surface area contributed by atoms with Gasteiger partial charge in [0.15, 0.2) is 0 Å². The van der Waals surface area contributed by atoms with Gasteiger partial charge in [0.25, 0.3) is 0 Å². The van der Waals surface area contributed by atoms with Crippen LogP contribution >= 0.6 is 0 Å². The van der Waals surface area contributed by atoms with Crippen molar-refractivity contribution in [3.8, 4) is 11.9 Å². The van der Waals surface area contributed by atoms with Gasteiger partial charge in [-0.2, -0.15) is 5.26 Å². The van der Waals surface area contributed by atoms with Crippen molar-refractivity contribution < 1.29 is 4.74 Å². The Morgan fingerprint density at radius 3 is 3.00 bits per heavy atom. The van der Waals surface area contributed by atoms with Crippen LogP contribution in [0.15, 0.2) is 6.07 Å². The van der Waals surface area contributed by atoms with Gasteiger partial charge in [-0.3, -0.25) is 0 Å². The number of aromatic nitrogens is 1. The highest BCUT2D eigenvalue weighted by Crippen LogP contribution is 2.26. The Morgan fingerprint density at radius 2 is 2.33 bits per heavy atom. The quantitative estimate of drug-likeness (QED) is 0.880. The first-order chi connectivity index (χ1) is 8.55. The number of hydrogen-bond donors (Lipinski definition) is 1. The zero-order valence-corrected chi connectivity index (χ0v) is 11.0. The molecule has 96 valence electrons. The van der Waals surface area contributed by atoms with Crippen molar-refractivity contribution in [3.63, 3.8) is 0 Å². The summed E-state index contributed by atoms with van der Waals surface area (Å²) in [6.07, 6.45) is 3.92. The largest absolute Gasteiger partial charge is 0.475 e. The molecule has 1 heterocycles. The lowest BCUT2D eigenvalue weighted by molar-refractivity contribution is 0.218. The van der Waals surface area contributed by atoms with Gasteiger partial charge in [0, 0.05) is 11.2 Å². The zero-order valence-electron chi connectivity index (χ0n) is 11.0. The first kappa shape index (κ1) is 12.8. The number of hydrogen-bond acceptors (Lipinski definition) is 4. The normalized spacial score (nSPS) is 16.8. The molecule has 18 heavy (non-hydrogen) atoms. The predicted octanol–water partition coefficient (Wildman–Crippen LogP) is 1.95. The summed E-state index contributed by atoms with van der Waals surface area (Å²) in [4.78, 5) is 4.46. The number of aryl methyl sites for hydroxylation is 2. The molecule has 1 atom stereocenters. The third-order valence-corrected chi connectivity index (χ3v) is 3.48. The first-order valence-electron chi connectivity index (χ1n) is 6.40. The molecule has 2 N–H and O–H groups in total. The molecule has 0 saturated heterocycles. The lowest BCUT2D eigenvalue weighted by Crippen LogP contribution is -2.41.